The number of halogens is 1. The molecule has 0 spiro atoms. The maximum Gasteiger partial charge on any atom is 0.270 e. The molecule has 0 saturated carbocycles. The second-order valence-corrected chi connectivity index (χ2v) is 8.24. The van der Waals surface area contributed by atoms with E-state index in [0.717, 1.165) is 41.0 Å². The number of methoxy groups -OCH3 is 1. The zero-order chi connectivity index (χ0) is 22.8. The van der Waals surface area contributed by atoms with Crippen molar-refractivity contribution in [3.05, 3.63) is 94.9 Å². The molecule has 1 unspecified atom stereocenters. The monoisotopic (exact) mass is 456 g/mol. The largest absolute Gasteiger partial charge is 0.497 e. The topological polar surface area (TPSA) is 77.0 Å². The van der Waals surface area contributed by atoms with E-state index in [1.54, 1.807) is 31.5 Å². The molecule has 5 rings (SSSR count). The van der Waals surface area contributed by atoms with Crippen LogP contribution in [-0.2, 0) is 6.42 Å². The highest BCUT2D eigenvalue weighted by Crippen LogP contribution is 2.30. The molecule has 0 saturated heterocycles. The number of hydrogen-bond acceptors (Lipinski definition) is 5. The van der Waals surface area contributed by atoms with Gasteiger partial charge in [0.15, 0.2) is 5.82 Å². The Balaban J connectivity index is 1.52. The van der Waals surface area contributed by atoms with Crippen molar-refractivity contribution in [2.24, 2.45) is 0 Å². The lowest BCUT2D eigenvalue weighted by molar-refractivity contribution is 0.0931. The van der Waals surface area contributed by atoms with E-state index in [1.165, 1.54) is 0 Å². The molecular formula is C26H21ClN4O2. The number of amides is 1. The maximum absolute atomic E-state index is 13.3. The SMILES string of the molecule is COc1ccc(-c2nc(C(=O)NC3CCc4ncccc43)cc(-c3ccc(Cl)cc3)n2)cc1. The number of aromatic nitrogens is 3. The van der Waals surface area contributed by atoms with Crippen LogP contribution in [0.25, 0.3) is 22.6 Å². The number of nitrogens with zero attached hydrogens (tertiary/aromatic N) is 3. The van der Waals surface area contributed by atoms with Crippen LogP contribution in [0.1, 0.15) is 34.2 Å². The first-order chi connectivity index (χ1) is 16.1. The van der Waals surface area contributed by atoms with Gasteiger partial charge in [0.2, 0.25) is 0 Å². The quantitative estimate of drug-likeness (QED) is 0.441. The van der Waals surface area contributed by atoms with Crippen molar-refractivity contribution in [1.82, 2.24) is 20.3 Å². The van der Waals surface area contributed by atoms with Crippen molar-refractivity contribution in [1.29, 1.82) is 0 Å². The van der Waals surface area contributed by atoms with Gasteiger partial charge in [-0.2, -0.15) is 0 Å². The van der Waals surface area contributed by atoms with E-state index in [4.69, 9.17) is 21.3 Å². The van der Waals surface area contributed by atoms with Gasteiger partial charge in [-0.3, -0.25) is 9.78 Å². The predicted octanol–water partition coefficient (Wildman–Crippen LogP) is 5.28. The Morgan fingerprint density at radius 3 is 2.55 bits per heavy atom. The molecule has 2 heterocycles. The van der Waals surface area contributed by atoms with Gasteiger partial charge in [0.05, 0.1) is 18.8 Å². The Kier molecular flexibility index (Phi) is 5.75. The standard InChI is InChI=1S/C26H21ClN4O2/c1-33-19-10-6-17(7-11-19)25-29-23(16-4-8-18(27)9-5-16)15-24(30-25)26(32)31-22-13-12-21-20(22)3-2-14-28-21/h2-11,14-15,22H,12-13H2,1H3,(H,31,32). The fourth-order valence-corrected chi connectivity index (χ4v) is 4.12. The molecule has 0 bridgehead atoms. The van der Waals surface area contributed by atoms with Crippen molar-refractivity contribution >= 4 is 17.5 Å². The zero-order valence-corrected chi connectivity index (χ0v) is 18.7. The van der Waals surface area contributed by atoms with Gasteiger partial charge >= 0.3 is 0 Å². The van der Waals surface area contributed by atoms with Crippen LogP contribution in [0.4, 0.5) is 0 Å². The van der Waals surface area contributed by atoms with E-state index in [1.807, 2.05) is 48.5 Å². The number of benzene rings is 2. The smallest absolute Gasteiger partial charge is 0.270 e. The molecule has 1 atom stereocenters. The van der Waals surface area contributed by atoms with Gasteiger partial charge < -0.3 is 10.1 Å². The second-order valence-electron chi connectivity index (χ2n) is 7.80. The Morgan fingerprint density at radius 2 is 1.79 bits per heavy atom. The van der Waals surface area contributed by atoms with Gasteiger partial charge in [0.25, 0.3) is 5.91 Å². The summed E-state index contributed by atoms with van der Waals surface area (Å²) in [6.07, 6.45) is 3.45. The Labute approximate surface area is 196 Å². The second kappa shape index (κ2) is 9.00. The van der Waals surface area contributed by atoms with Crippen LogP contribution in [-0.4, -0.2) is 28.0 Å². The van der Waals surface area contributed by atoms with E-state index in [0.29, 0.717) is 22.2 Å². The summed E-state index contributed by atoms with van der Waals surface area (Å²) < 4.78 is 5.25. The third-order valence-electron chi connectivity index (χ3n) is 5.72. The Hall–Kier alpha value is -3.77. The van der Waals surface area contributed by atoms with Crippen LogP contribution < -0.4 is 10.1 Å². The van der Waals surface area contributed by atoms with Crippen molar-refractivity contribution in [3.8, 4) is 28.4 Å². The highest BCUT2D eigenvalue weighted by Gasteiger charge is 2.26. The summed E-state index contributed by atoms with van der Waals surface area (Å²) >= 11 is 6.06. The van der Waals surface area contributed by atoms with Crippen LogP contribution in [0.5, 0.6) is 5.75 Å². The van der Waals surface area contributed by atoms with Crippen molar-refractivity contribution in [2.45, 2.75) is 18.9 Å². The summed E-state index contributed by atoms with van der Waals surface area (Å²) in [5.74, 6) is 0.951. The predicted molar refractivity (Wildman–Crippen MR) is 127 cm³/mol. The molecule has 1 aliphatic rings. The zero-order valence-electron chi connectivity index (χ0n) is 18.0. The minimum atomic E-state index is -0.246. The highest BCUT2D eigenvalue weighted by molar-refractivity contribution is 6.30. The van der Waals surface area contributed by atoms with Gasteiger partial charge in [-0.1, -0.05) is 29.8 Å². The number of pyridine rings is 1. The fourth-order valence-electron chi connectivity index (χ4n) is 4.00. The molecule has 164 valence electrons. The normalized spacial score (nSPS) is 14.5. The number of nitrogens with one attached hydrogen (secondary N) is 1. The van der Waals surface area contributed by atoms with Crippen LogP contribution in [0.2, 0.25) is 5.02 Å². The van der Waals surface area contributed by atoms with Gasteiger partial charge in [0, 0.05) is 28.0 Å². The van der Waals surface area contributed by atoms with Crippen LogP contribution in [0, 0.1) is 0 Å². The van der Waals surface area contributed by atoms with E-state index >= 15 is 0 Å². The average Bonchev–Trinajstić information content (AvgIpc) is 3.27. The third kappa shape index (κ3) is 4.43. The molecule has 4 aromatic rings. The summed E-state index contributed by atoms with van der Waals surface area (Å²) in [6.45, 7) is 0. The first kappa shape index (κ1) is 21.1. The lowest BCUT2D eigenvalue weighted by Gasteiger charge is -2.15. The highest BCUT2D eigenvalue weighted by atomic mass is 35.5. The number of carbonyl (C=O) groups excluding carboxylic acids is 1. The number of hydrogen-bond donors (Lipinski definition) is 1. The summed E-state index contributed by atoms with van der Waals surface area (Å²) in [6, 6.07) is 20.3. The summed E-state index contributed by atoms with van der Waals surface area (Å²) in [5.41, 5.74) is 4.68. The maximum atomic E-state index is 13.3. The molecule has 0 aliphatic heterocycles. The molecule has 33 heavy (non-hydrogen) atoms. The Bertz CT molecular complexity index is 1310. The minimum absolute atomic E-state index is 0.0837. The van der Waals surface area contributed by atoms with E-state index in [-0.39, 0.29) is 11.9 Å². The minimum Gasteiger partial charge on any atom is -0.497 e. The van der Waals surface area contributed by atoms with Gasteiger partial charge in [-0.15, -0.1) is 0 Å². The van der Waals surface area contributed by atoms with E-state index < -0.39 is 0 Å². The summed E-state index contributed by atoms with van der Waals surface area (Å²) in [5, 5.41) is 3.76. The molecule has 7 heteroatoms. The van der Waals surface area contributed by atoms with Crippen molar-refractivity contribution in [2.75, 3.05) is 7.11 Å². The molecule has 0 radical (unpaired) electrons. The molecule has 2 aromatic carbocycles. The van der Waals surface area contributed by atoms with E-state index in [2.05, 4.69) is 15.3 Å². The van der Waals surface area contributed by atoms with Crippen molar-refractivity contribution < 1.29 is 9.53 Å². The third-order valence-corrected chi connectivity index (χ3v) is 5.97. The van der Waals surface area contributed by atoms with Gasteiger partial charge in [0.1, 0.15) is 11.4 Å². The first-order valence-electron chi connectivity index (χ1n) is 10.6. The fraction of sp³-hybridized carbons (Fsp3) is 0.154. The van der Waals surface area contributed by atoms with Crippen LogP contribution in [0.3, 0.4) is 0 Å². The van der Waals surface area contributed by atoms with Gasteiger partial charge in [-0.25, -0.2) is 9.97 Å². The first-order valence-corrected chi connectivity index (χ1v) is 11.0. The van der Waals surface area contributed by atoms with Crippen LogP contribution in [0.15, 0.2) is 72.9 Å². The van der Waals surface area contributed by atoms with E-state index in [9.17, 15) is 4.79 Å². The lowest BCUT2D eigenvalue weighted by atomic mass is 10.1. The number of ether oxygens (including phenoxy) is 1. The lowest BCUT2D eigenvalue weighted by Crippen LogP contribution is -2.28. The van der Waals surface area contributed by atoms with Crippen LogP contribution >= 0.6 is 11.6 Å². The number of carbonyl (C=O) groups is 1. The van der Waals surface area contributed by atoms with Gasteiger partial charge in [-0.05, 0) is 66.9 Å². The summed E-state index contributed by atoms with van der Waals surface area (Å²) in [7, 11) is 1.62. The molecule has 1 N–H and O–H groups in total. The summed E-state index contributed by atoms with van der Waals surface area (Å²) in [4.78, 5) is 27.0. The molecule has 2 aromatic heterocycles. The Morgan fingerprint density at radius 1 is 1.03 bits per heavy atom. The number of aryl methyl sites for hydroxylation is 1. The molecule has 6 nitrogen and oxygen atoms in total. The van der Waals surface area contributed by atoms with Crippen molar-refractivity contribution in [3.63, 3.8) is 0 Å². The number of rotatable bonds is 5. The average molecular weight is 457 g/mol. The molecule has 1 aliphatic carbocycles. The number of fused-ring (bicyclic) bond motifs is 1. The molecule has 1 amide bonds. The molecular weight excluding hydrogens is 436 g/mol. The molecule has 0 fully saturated rings.